The number of para-hydroxylation sites is 1. The summed E-state index contributed by atoms with van der Waals surface area (Å²) in [6.45, 7) is 7.00. The summed E-state index contributed by atoms with van der Waals surface area (Å²) >= 11 is 0. The molecule has 2 unspecified atom stereocenters. The molecule has 1 aliphatic rings. The third kappa shape index (κ3) is 9.92. The van der Waals surface area contributed by atoms with E-state index in [0.717, 1.165) is 27.9 Å². The normalized spacial score (nSPS) is 14.1. The van der Waals surface area contributed by atoms with Crippen LogP contribution >= 0.6 is 0 Å². The van der Waals surface area contributed by atoms with Gasteiger partial charge in [0, 0.05) is 17.3 Å². The molecule has 1 heterocycles. The molecular weight excluding hydrogens is 593 g/mol. The Balaban J connectivity index is 0.000000325. The van der Waals surface area contributed by atoms with Crippen molar-refractivity contribution >= 4 is 11.8 Å². The fourth-order valence-corrected chi connectivity index (χ4v) is 4.93. The number of carbonyl (C=O) groups excluding carboxylic acids is 1. The molecule has 5 aromatic rings. The number of halogens is 1. The molecule has 0 saturated carbocycles. The number of carbonyl (C=O) groups is 1. The Morgan fingerprint density at radius 2 is 1.34 bits per heavy atom. The number of aliphatic hydroxyl groups is 1. The van der Waals surface area contributed by atoms with Crippen molar-refractivity contribution in [2.24, 2.45) is 0 Å². The van der Waals surface area contributed by atoms with E-state index in [1.54, 1.807) is 17.0 Å². The van der Waals surface area contributed by atoms with E-state index < -0.39 is 6.10 Å². The summed E-state index contributed by atoms with van der Waals surface area (Å²) in [5, 5.41) is 9.30. The zero-order chi connectivity index (χ0) is 33.4. The Morgan fingerprint density at radius 1 is 0.787 bits per heavy atom. The van der Waals surface area contributed by atoms with Gasteiger partial charge < -0.3 is 19.3 Å². The monoisotopic (exact) mass is 635 g/mol. The van der Waals surface area contributed by atoms with Gasteiger partial charge in [-0.3, -0.25) is 4.90 Å². The molecule has 244 valence electrons. The van der Waals surface area contributed by atoms with Crippen molar-refractivity contribution < 1.29 is 28.5 Å². The Bertz CT molecular complexity index is 1630. The van der Waals surface area contributed by atoms with E-state index in [2.05, 4.69) is 0 Å². The van der Waals surface area contributed by atoms with Crippen molar-refractivity contribution in [3.05, 3.63) is 162 Å². The summed E-state index contributed by atoms with van der Waals surface area (Å²) in [6.07, 6.45) is -0.170. The molecule has 47 heavy (non-hydrogen) atoms. The summed E-state index contributed by atoms with van der Waals surface area (Å²) < 4.78 is 30.1. The number of ether oxygens (including phenoxy) is 3. The molecule has 5 aromatic carbocycles. The Labute approximate surface area is 277 Å². The molecule has 1 fully saturated rings. The van der Waals surface area contributed by atoms with Crippen LogP contribution in [-0.2, 0) is 18.0 Å². The van der Waals surface area contributed by atoms with E-state index in [1.807, 2.05) is 130 Å². The highest BCUT2D eigenvalue weighted by Crippen LogP contribution is 2.39. The Hall–Kier alpha value is -5.14. The molecule has 0 aliphatic carbocycles. The number of benzene rings is 5. The second kappa shape index (κ2) is 18.1. The first-order valence-electron chi connectivity index (χ1n) is 15.9. The van der Waals surface area contributed by atoms with Crippen LogP contribution < -0.4 is 14.4 Å². The van der Waals surface area contributed by atoms with Crippen LogP contribution in [-0.4, -0.2) is 17.8 Å². The van der Waals surface area contributed by atoms with E-state index in [0.29, 0.717) is 31.1 Å². The summed E-state index contributed by atoms with van der Waals surface area (Å²) in [6, 6.07) is 40.9. The largest absolute Gasteiger partial charge is 0.489 e. The van der Waals surface area contributed by atoms with Gasteiger partial charge in [-0.25, -0.2) is 9.18 Å². The van der Waals surface area contributed by atoms with E-state index >= 15 is 0 Å². The molecule has 7 heteroatoms. The van der Waals surface area contributed by atoms with E-state index in [9.17, 15) is 14.3 Å². The zero-order valence-electron chi connectivity index (χ0n) is 27.1. The van der Waals surface area contributed by atoms with Gasteiger partial charge in [0.1, 0.15) is 43.2 Å². The third-order valence-electron chi connectivity index (χ3n) is 7.38. The lowest BCUT2D eigenvalue weighted by atomic mass is 10.0. The quantitative estimate of drug-likeness (QED) is 0.165. The molecular formula is C40H42FNO5. The molecule has 6 nitrogen and oxygen atoms in total. The first kappa shape index (κ1) is 34.7. The number of hydrogen-bond acceptors (Lipinski definition) is 5. The average Bonchev–Trinajstić information content (AvgIpc) is 3.53. The topological polar surface area (TPSA) is 68.2 Å². The lowest BCUT2D eigenvalue weighted by Gasteiger charge is -2.24. The van der Waals surface area contributed by atoms with E-state index in [4.69, 9.17) is 14.2 Å². The molecule has 1 aliphatic heterocycles. The van der Waals surface area contributed by atoms with Crippen LogP contribution in [0.25, 0.3) is 0 Å². The van der Waals surface area contributed by atoms with Gasteiger partial charge in [-0.05, 0) is 59.5 Å². The Kier molecular flexibility index (Phi) is 13.4. The fourth-order valence-electron chi connectivity index (χ4n) is 4.93. The SMILES string of the molecule is CC.CCC(O)c1ccc(F)cc1.O=C1OCC(c2ccc(OCc3ccccc3)cc2OCc2ccccc2)N1c1ccccc1. The highest BCUT2D eigenvalue weighted by Gasteiger charge is 2.37. The zero-order valence-corrected chi connectivity index (χ0v) is 27.1. The van der Waals surface area contributed by atoms with Gasteiger partial charge in [0.15, 0.2) is 0 Å². The average molecular weight is 636 g/mol. The summed E-state index contributed by atoms with van der Waals surface area (Å²) in [4.78, 5) is 14.3. The van der Waals surface area contributed by atoms with Gasteiger partial charge in [0.2, 0.25) is 0 Å². The highest BCUT2D eigenvalue weighted by molar-refractivity contribution is 5.90. The molecule has 1 saturated heterocycles. The minimum Gasteiger partial charge on any atom is -0.489 e. The summed E-state index contributed by atoms with van der Waals surface area (Å²) in [5.74, 6) is 1.10. The van der Waals surface area contributed by atoms with Crippen LogP contribution in [0, 0.1) is 5.82 Å². The van der Waals surface area contributed by atoms with Gasteiger partial charge >= 0.3 is 6.09 Å². The number of aliphatic hydroxyl groups excluding tert-OH is 1. The molecule has 1 amide bonds. The van der Waals surface area contributed by atoms with Crippen LogP contribution in [0.5, 0.6) is 11.5 Å². The Morgan fingerprint density at radius 3 is 1.91 bits per heavy atom. The maximum absolute atomic E-state index is 12.6. The highest BCUT2D eigenvalue weighted by atomic mass is 19.1. The molecule has 6 rings (SSSR count). The van der Waals surface area contributed by atoms with E-state index in [-0.39, 0.29) is 24.6 Å². The predicted molar refractivity (Wildman–Crippen MR) is 184 cm³/mol. The molecule has 0 bridgehead atoms. The van der Waals surface area contributed by atoms with Crippen molar-refractivity contribution in [1.82, 2.24) is 0 Å². The van der Waals surface area contributed by atoms with Gasteiger partial charge in [-0.15, -0.1) is 0 Å². The van der Waals surface area contributed by atoms with Crippen molar-refractivity contribution in [2.75, 3.05) is 11.5 Å². The number of amides is 1. The molecule has 1 N–H and O–H groups in total. The number of rotatable bonds is 10. The first-order chi connectivity index (χ1) is 23.0. The minimum atomic E-state index is -0.462. The minimum absolute atomic E-state index is 0.250. The van der Waals surface area contributed by atoms with Crippen molar-refractivity contribution in [1.29, 1.82) is 0 Å². The third-order valence-corrected chi connectivity index (χ3v) is 7.38. The number of cyclic esters (lactones) is 1. The van der Waals surface area contributed by atoms with Crippen LogP contribution in [0.1, 0.15) is 61.6 Å². The van der Waals surface area contributed by atoms with Gasteiger partial charge in [-0.1, -0.05) is 112 Å². The number of anilines is 1. The lowest BCUT2D eigenvalue weighted by molar-refractivity contribution is 0.173. The van der Waals surface area contributed by atoms with E-state index in [1.165, 1.54) is 12.1 Å². The smallest absolute Gasteiger partial charge is 0.415 e. The lowest BCUT2D eigenvalue weighted by Crippen LogP contribution is -2.27. The van der Waals surface area contributed by atoms with Gasteiger partial charge in [0.05, 0.1) is 6.10 Å². The second-order valence-corrected chi connectivity index (χ2v) is 10.5. The van der Waals surface area contributed by atoms with Crippen molar-refractivity contribution in [2.45, 2.75) is 52.6 Å². The second-order valence-electron chi connectivity index (χ2n) is 10.5. The van der Waals surface area contributed by atoms with Crippen molar-refractivity contribution in [3.63, 3.8) is 0 Å². The van der Waals surface area contributed by atoms with Crippen LogP contribution in [0.3, 0.4) is 0 Å². The molecule has 0 radical (unpaired) electrons. The number of hydrogen-bond donors (Lipinski definition) is 1. The molecule has 0 spiro atoms. The van der Waals surface area contributed by atoms with Crippen molar-refractivity contribution in [3.8, 4) is 11.5 Å². The van der Waals surface area contributed by atoms with Gasteiger partial charge in [-0.2, -0.15) is 0 Å². The maximum Gasteiger partial charge on any atom is 0.415 e. The number of nitrogens with zero attached hydrogens (tertiary/aromatic N) is 1. The predicted octanol–water partition coefficient (Wildman–Crippen LogP) is 9.84. The van der Waals surface area contributed by atoms with Gasteiger partial charge in [0.25, 0.3) is 0 Å². The maximum atomic E-state index is 12.6. The standard InChI is InChI=1S/C29H25NO4.C9H11FO.C2H6/c31-29-30(24-14-8-3-9-15-24)27(21-34-29)26-17-16-25(32-19-22-10-4-1-5-11-22)18-28(26)33-20-23-12-6-2-7-13-23;1-2-9(11)7-3-5-8(10)6-4-7;1-2/h1-18,27H,19-21H2;3-6,9,11H,2H2,1H3;1-2H3. The fraction of sp³-hybridized carbons (Fsp3) is 0.225. The molecule has 0 aromatic heterocycles. The van der Waals surface area contributed by atoms with Crippen LogP contribution in [0.4, 0.5) is 14.9 Å². The summed E-state index contributed by atoms with van der Waals surface area (Å²) in [7, 11) is 0. The van der Waals surface area contributed by atoms with Crippen LogP contribution in [0.15, 0.2) is 133 Å². The first-order valence-corrected chi connectivity index (χ1v) is 15.9. The molecule has 2 atom stereocenters. The summed E-state index contributed by atoms with van der Waals surface area (Å²) in [5.41, 5.74) is 4.58. The van der Waals surface area contributed by atoms with Crippen LogP contribution in [0.2, 0.25) is 0 Å².